The molecule has 0 bridgehead atoms. The van der Waals surface area contributed by atoms with Gasteiger partial charge in [0.15, 0.2) is 0 Å². The van der Waals surface area contributed by atoms with E-state index in [1.807, 2.05) is 51.1 Å². The standard InChI is InChI=1S/C29H32F2N2O2S/c1-29(2,3)32-28(35)26(17-21-9-5-4-6-10-21)33(18-23-11-7-8-12-25(23)31)27(34)20-36-19-22-13-15-24(30)16-14-22/h4-16,26H,17-20H2,1-3H3,(H,32,35)/t26-/m1/s1. The Labute approximate surface area is 216 Å². The van der Waals surface area contributed by atoms with Gasteiger partial charge in [0.1, 0.15) is 17.7 Å². The van der Waals surface area contributed by atoms with Gasteiger partial charge in [0.25, 0.3) is 0 Å². The second-order valence-electron chi connectivity index (χ2n) is 9.68. The Morgan fingerprint density at radius 1 is 0.889 bits per heavy atom. The molecule has 0 aliphatic carbocycles. The summed E-state index contributed by atoms with van der Waals surface area (Å²) in [5.41, 5.74) is 1.63. The predicted molar refractivity (Wildman–Crippen MR) is 141 cm³/mol. The average molecular weight is 511 g/mol. The van der Waals surface area contributed by atoms with Gasteiger partial charge in [-0.1, -0.05) is 60.7 Å². The van der Waals surface area contributed by atoms with Gasteiger partial charge in [-0.3, -0.25) is 9.59 Å². The molecule has 1 atom stereocenters. The molecule has 3 aromatic carbocycles. The van der Waals surface area contributed by atoms with Crippen molar-refractivity contribution < 1.29 is 18.4 Å². The minimum Gasteiger partial charge on any atom is -0.350 e. The molecule has 0 saturated carbocycles. The van der Waals surface area contributed by atoms with E-state index in [9.17, 15) is 18.4 Å². The van der Waals surface area contributed by atoms with Gasteiger partial charge in [0.2, 0.25) is 11.8 Å². The van der Waals surface area contributed by atoms with Gasteiger partial charge in [-0.2, -0.15) is 0 Å². The maximum atomic E-state index is 14.6. The van der Waals surface area contributed by atoms with Crippen LogP contribution >= 0.6 is 11.8 Å². The summed E-state index contributed by atoms with van der Waals surface area (Å²) in [4.78, 5) is 28.5. The Kier molecular flexibility index (Phi) is 9.65. The summed E-state index contributed by atoms with van der Waals surface area (Å²) < 4.78 is 27.8. The van der Waals surface area contributed by atoms with Gasteiger partial charge in [0.05, 0.1) is 5.75 Å². The van der Waals surface area contributed by atoms with Gasteiger partial charge < -0.3 is 10.2 Å². The van der Waals surface area contributed by atoms with Crippen molar-refractivity contribution in [1.29, 1.82) is 0 Å². The van der Waals surface area contributed by atoms with E-state index >= 15 is 0 Å². The molecule has 1 N–H and O–H groups in total. The average Bonchev–Trinajstić information content (AvgIpc) is 2.83. The monoisotopic (exact) mass is 510 g/mol. The molecule has 3 aromatic rings. The SMILES string of the molecule is CC(C)(C)NC(=O)[C@@H](Cc1ccccc1)N(Cc1ccccc1F)C(=O)CSCc1ccc(F)cc1. The molecule has 0 saturated heterocycles. The minimum absolute atomic E-state index is 0.0301. The summed E-state index contributed by atoms with van der Waals surface area (Å²) in [6.45, 7) is 5.61. The number of rotatable bonds is 10. The van der Waals surface area contributed by atoms with Gasteiger partial charge in [-0.25, -0.2) is 8.78 Å². The van der Waals surface area contributed by atoms with Crippen LogP contribution in [0.25, 0.3) is 0 Å². The van der Waals surface area contributed by atoms with Crippen LogP contribution in [0.3, 0.4) is 0 Å². The molecule has 0 spiro atoms. The highest BCUT2D eigenvalue weighted by atomic mass is 32.2. The van der Waals surface area contributed by atoms with Gasteiger partial charge in [-0.05, 0) is 50.1 Å². The van der Waals surface area contributed by atoms with E-state index in [0.717, 1.165) is 11.1 Å². The maximum Gasteiger partial charge on any atom is 0.243 e. The third-order valence-electron chi connectivity index (χ3n) is 5.48. The van der Waals surface area contributed by atoms with Crippen molar-refractivity contribution in [2.45, 2.75) is 51.1 Å². The number of hydrogen-bond acceptors (Lipinski definition) is 3. The summed E-state index contributed by atoms with van der Waals surface area (Å²) in [6, 6.07) is 21.1. The molecule has 7 heteroatoms. The minimum atomic E-state index is -0.829. The third-order valence-corrected chi connectivity index (χ3v) is 6.46. The zero-order valence-corrected chi connectivity index (χ0v) is 21.7. The number of nitrogens with one attached hydrogen (secondary N) is 1. The van der Waals surface area contributed by atoms with E-state index in [4.69, 9.17) is 0 Å². The molecule has 0 aliphatic rings. The lowest BCUT2D eigenvalue weighted by Gasteiger charge is -2.34. The Hall–Kier alpha value is -3.19. The van der Waals surface area contributed by atoms with Crippen LogP contribution in [-0.4, -0.2) is 34.0 Å². The molecule has 0 radical (unpaired) electrons. The molecule has 0 aliphatic heterocycles. The first kappa shape index (κ1) is 27.4. The van der Waals surface area contributed by atoms with Crippen LogP contribution in [-0.2, 0) is 28.3 Å². The summed E-state index contributed by atoms with van der Waals surface area (Å²) in [7, 11) is 0. The number of carbonyl (C=O) groups excluding carboxylic acids is 2. The first-order chi connectivity index (χ1) is 17.1. The first-order valence-corrected chi connectivity index (χ1v) is 13.0. The van der Waals surface area contributed by atoms with Crippen molar-refractivity contribution in [1.82, 2.24) is 10.2 Å². The fraction of sp³-hybridized carbons (Fsp3) is 0.310. The van der Waals surface area contributed by atoms with Crippen LogP contribution in [0.5, 0.6) is 0 Å². The number of benzene rings is 3. The second kappa shape index (κ2) is 12.7. The number of hydrogen-bond donors (Lipinski definition) is 1. The van der Waals surface area contributed by atoms with Crippen molar-refractivity contribution in [3.8, 4) is 0 Å². The van der Waals surface area contributed by atoms with Crippen LogP contribution in [0.15, 0.2) is 78.9 Å². The zero-order chi connectivity index (χ0) is 26.1. The molecule has 4 nitrogen and oxygen atoms in total. The molecule has 0 aromatic heterocycles. The lowest BCUT2D eigenvalue weighted by molar-refractivity contribution is -0.140. The van der Waals surface area contributed by atoms with Crippen LogP contribution in [0.4, 0.5) is 8.78 Å². The van der Waals surface area contributed by atoms with Crippen LogP contribution in [0.2, 0.25) is 0 Å². The smallest absolute Gasteiger partial charge is 0.243 e. The lowest BCUT2D eigenvalue weighted by Crippen LogP contribution is -2.54. The first-order valence-electron chi connectivity index (χ1n) is 11.8. The van der Waals surface area contributed by atoms with E-state index in [2.05, 4.69) is 5.32 Å². The lowest BCUT2D eigenvalue weighted by atomic mass is 10.0. The highest BCUT2D eigenvalue weighted by molar-refractivity contribution is 7.99. The second-order valence-corrected chi connectivity index (χ2v) is 10.7. The molecule has 36 heavy (non-hydrogen) atoms. The van der Waals surface area contributed by atoms with E-state index in [-0.39, 0.29) is 29.9 Å². The van der Waals surface area contributed by atoms with E-state index in [0.29, 0.717) is 17.7 Å². The number of thioether (sulfide) groups is 1. The van der Waals surface area contributed by atoms with Crippen molar-refractivity contribution in [2.24, 2.45) is 0 Å². The highest BCUT2D eigenvalue weighted by Gasteiger charge is 2.32. The molecule has 3 rings (SSSR count). The third kappa shape index (κ3) is 8.48. The zero-order valence-electron chi connectivity index (χ0n) is 20.8. The maximum absolute atomic E-state index is 14.6. The van der Waals surface area contributed by atoms with Crippen molar-refractivity contribution in [2.75, 3.05) is 5.75 Å². The number of amides is 2. The Balaban J connectivity index is 1.87. The van der Waals surface area contributed by atoms with E-state index in [1.54, 1.807) is 30.3 Å². The van der Waals surface area contributed by atoms with Gasteiger partial charge in [0, 0.05) is 29.8 Å². The van der Waals surface area contributed by atoms with Crippen LogP contribution in [0, 0.1) is 11.6 Å². The molecule has 0 fully saturated rings. The number of halogens is 2. The molecule has 0 heterocycles. The van der Waals surface area contributed by atoms with Crippen molar-refractivity contribution in [3.05, 3.63) is 107 Å². The van der Waals surface area contributed by atoms with Crippen LogP contribution in [0.1, 0.15) is 37.5 Å². The van der Waals surface area contributed by atoms with Gasteiger partial charge >= 0.3 is 0 Å². The Morgan fingerprint density at radius 3 is 2.17 bits per heavy atom. The predicted octanol–water partition coefficient (Wildman–Crippen LogP) is 5.75. The number of nitrogens with zero attached hydrogens (tertiary/aromatic N) is 1. The van der Waals surface area contributed by atoms with Crippen molar-refractivity contribution >= 4 is 23.6 Å². The van der Waals surface area contributed by atoms with Gasteiger partial charge in [-0.15, -0.1) is 11.8 Å². The molecule has 0 unspecified atom stereocenters. The Bertz CT molecular complexity index is 1150. The summed E-state index contributed by atoms with van der Waals surface area (Å²) in [5, 5.41) is 2.99. The van der Waals surface area contributed by atoms with Crippen molar-refractivity contribution in [3.63, 3.8) is 0 Å². The molecule has 2 amide bonds. The summed E-state index contributed by atoms with van der Waals surface area (Å²) >= 11 is 1.37. The molecule has 190 valence electrons. The molecular formula is C29H32F2N2O2S. The van der Waals surface area contributed by atoms with E-state index in [1.165, 1.54) is 34.9 Å². The Morgan fingerprint density at radius 2 is 1.53 bits per heavy atom. The number of carbonyl (C=O) groups is 2. The fourth-order valence-corrected chi connectivity index (χ4v) is 4.61. The fourth-order valence-electron chi connectivity index (χ4n) is 3.74. The highest BCUT2D eigenvalue weighted by Crippen LogP contribution is 2.20. The normalized spacial score (nSPS) is 12.1. The van der Waals surface area contributed by atoms with Crippen LogP contribution < -0.4 is 5.32 Å². The molecular weight excluding hydrogens is 478 g/mol. The quantitative estimate of drug-likeness (QED) is 0.378. The summed E-state index contributed by atoms with van der Waals surface area (Å²) in [5.74, 6) is -0.694. The van der Waals surface area contributed by atoms with E-state index < -0.39 is 17.4 Å². The summed E-state index contributed by atoms with van der Waals surface area (Å²) in [6.07, 6.45) is 0.297. The largest absolute Gasteiger partial charge is 0.350 e. The topological polar surface area (TPSA) is 49.4 Å².